The lowest BCUT2D eigenvalue weighted by atomic mass is 9.96. The molecule has 1 fully saturated rings. The third-order valence-corrected chi connectivity index (χ3v) is 7.44. The van der Waals surface area contributed by atoms with Gasteiger partial charge >= 0.3 is 0 Å². The second kappa shape index (κ2) is 11.2. The Morgan fingerprint density at radius 1 is 0.857 bits per heavy atom. The highest BCUT2D eigenvalue weighted by Crippen LogP contribution is 2.22. The van der Waals surface area contributed by atoms with Crippen molar-refractivity contribution in [2.45, 2.75) is 52.4 Å². The quantitative estimate of drug-likeness (QED) is 0.526. The monoisotopic (exact) mass is 467 g/mol. The zero-order valence-corrected chi connectivity index (χ0v) is 20.9. The molecule has 1 unspecified atom stereocenters. The maximum Gasteiger partial charge on any atom is 0.224 e. The Labute approximate surface area is 210 Å². The Morgan fingerprint density at radius 2 is 1.60 bits per heavy atom. The van der Waals surface area contributed by atoms with E-state index in [1.807, 2.05) is 0 Å². The lowest BCUT2D eigenvalue weighted by Gasteiger charge is -2.32. The molecule has 35 heavy (non-hydrogen) atoms. The highest BCUT2D eigenvalue weighted by molar-refractivity contribution is 5.79. The van der Waals surface area contributed by atoms with Crippen LogP contribution in [0.3, 0.4) is 0 Å². The van der Waals surface area contributed by atoms with Gasteiger partial charge in [0, 0.05) is 39.3 Å². The molecule has 182 valence electrons. The maximum atomic E-state index is 13.0. The van der Waals surface area contributed by atoms with Crippen LogP contribution in [0.1, 0.15) is 46.2 Å². The van der Waals surface area contributed by atoms with E-state index >= 15 is 0 Å². The van der Waals surface area contributed by atoms with Crippen molar-refractivity contribution in [3.63, 3.8) is 0 Å². The lowest BCUT2D eigenvalue weighted by Crippen LogP contribution is -2.42. The third kappa shape index (κ3) is 6.39. The molecule has 0 aromatic heterocycles. The number of rotatable bonds is 7. The van der Waals surface area contributed by atoms with Crippen LogP contribution < -0.4 is 5.32 Å². The number of benzene rings is 3. The minimum absolute atomic E-state index is 0.0742. The zero-order chi connectivity index (χ0) is 24.0. The molecule has 2 aliphatic heterocycles. The summed E-state index contributed by atoms with van der Waals surface area (Å²) in [5.74, 6) is 0.266. The molecule has 3 aromatic carbocycles. The Morgan fingerprint density at radius 3 is 2.46 bits per heavy atom. The number of fused-ring (bicyclic) bond motifs is 1. The molecule has 0 spiro atoms. The number of nitrogens with zero attached hydrogens (tertiary/aromatic N) is 2. The van der Waals surface area contributed by atoms with Crippen molar-refractivity contribution in [1.82, 2.24) is 15.1 Å². The van der Waals surface area contributed by atoms with Gasteiger partial charge in [0.25, 0.3) is 0 Å². The average Bonchev–Trinajstić information content (AvgIpc) is 2.88. The maximum absolute atomic E-state index is 13.0. The Bertz CT molecular complexity index is 1160. The topological polar surface area (TPSA) is 35.6 Å². The number of nitrogens with one attached hydrogen (secondary N) is 1. The van der Waals surface area contributed by atoms with E-state index in [0.717, 1.165) is 58.5 Å². The van der Waals surface area contributed by atoms with Crippen molar-refractivity contribution in [2.75, 3.05) is 19.6 Å². The van der Waals surface area contributed by atoms with Crippen molar-refractivity contribution in [2.24, 2.45) is 5.92 Å². The minimum atomic E-state index is 0.0742. The van der Waals surface area contributed by atoms with Gasteiger partial charge in [-0.25, -0.2) is 0 Å². The van der Waals surface area contributed by atoms with Gasteiger partial charge in [0.1, 0.15) is 0 Å². The van der Waals surface area contributed by atoms with Crippen LogP contribution in [0.4, 0.5) is 0 Å². The van der Waals surface area contributed by atoms with Crippen LogP contribution >= 0.6 is 0 Å². The average molecular weight is 468 g/mol. The molecule has 1 atom stereocenters. The van der Waals surface area contributed by atoms with E-state index in [9.17, 15) is 4.79 Å². The molecule has 0 radical (unpaired) electrons. The fourth-order valence-electron chi connectivity index (χ4n) is 5.60. The molecule has 1 N–H and O–H groups in total. The van der Waals surface area contributed by atoms with E-state index in [2.05, 4.69) is 94.8 Å². The van der Waals surface area contributed by atoms with Gasteiger partial charge in [0.05, 0.1) is 5.92 Å². The molecule has 0 saturated carbocycles. The summed E-state index contributed by atoms with van der Waals surface area (Å²) in [5, 5.41) is 3.23. The summed E-state index contributed by atoms with van der Waals surface area (Å²) in [4.78, 5) is 17.9. The summed E-state index contributed by atoms with van der Waals surface area (Å²) < 4.78 is 0. The molecule has 5 rings (SSSR count). The number of likely N-dealkylation sites (tertiary alicyclic amines) is 1. The number of amides is 1. The molecular weight excluding hydrogens is 430 g/mol. The first-order valence-corrected chi connectivity index (χ1v) is 13.0. The van der Waals surface area contributed by atoms with Gasteiger partial charge in [-0.2, -0.15) is 0 Å². The third-order valence-electron chi connectivity index (χ3n) is 7.44. The van der Waals surface area contributed by atoms with Crippen LogP contribution in [-0.4, -0.2) is 35.3 Å². The molecule has 4 heteroatoms. The molecule has 2 aliphatic rings. The highest BCUT2D eigenvalue weighted by atomic mass is 16.1. The predicted molar refractivity (Wildman–Crippen MR) is 142 cm³/mol. The van der Waals surface area contributed by atoms with Crippen molar-refractivity contribution in [3.8, 4) is 0 Å². The summed E-state index contributed by atoms with van der Waals surface area (Å²) in [5.41, 5.74) is 8.06. The number of hydrogen-bond donors (Lipinski definition) is 1. The Balaban J connectivity index is 1.12. The van der Waals surface area contributed by atoms with Crippen molar-refractivity contribution >= 4 is 5.91 Å². The van der Waals surface area contributed by atoms with E-state index in [-0.39, 0.29) is 11.8 Å². The van der Waals surface area contributed by atoms with Gasteiger partial charge in [-0.3, -0.25) is 14.6 Å². The second-order valence-corrected chi connectivity index (χ2v) is 10.3. The molecule has 1 saturated heterocycles. The first-order chi connectivity index (χ1) is 17.1. The van der Waals surface area contributed by atoms with Crippen molar-refractivity contribution < 1.29 is 4.79 Å². The number of carbonyl (C=O) groups is 1. The standard InChI is InChI=1S/C31H37N3O/c1-24-7-4-9-26(17-24)20-33-15-6-13-30(23-33)31(35)32-19-25-8-5-10-27(18-25)21-34-16-14-28-11-2-3-12-29(28)22-34/h2-5,7-12,17-18,30H,6,13-16,19-23H2,1H3,(H,32,35). The summed E-state index contributed by atoms with van der Waals surface area (Å²) in [6.07, 6.45) is 3.18. The SMILES string of the molecule is Cc1cccc(CN2CCCC(C(=O)NCc3cccc(CN4CCc5ccccc5C4)c3)C2)c1. The number of carbonyl (C=O) groups excluding carboxylic acids is 1. The van der Waals surface area contributed by atoms with E-state index < -0.39 is 0 Å². The summed E-state index contributed by atoms with van der Waals surface area (Å²) >= 11 is 0. The largest absolute Gasteiger partial charge is 0.352 e. The summed E-state index contributed by atoms with van der Waals surface area (Å²) in [7, 11) is 0. The van der Waals surface area contributed by atoms with Gasteiger partial charge < -0.3 is 5.32 Å². The van der Waals surface area contributed by atoms with Gasteiger partial charge in [-0.05, 0) is 60.5 Å². The Hall–Kier alpha value is -2.95. The Kier molecular flexibility index (Phi) is 7.60. The van der Waals surface area contributed by atoms with Crippen LogP contribution in [0.25, 0.3) is 0 Å². The molecule has 4 nitrogen and oxygen atoms in total. The fourth-order valence-corrected chi connectivity index (χ4v) is 5.60. The fraction of sp³-hybridized carbons (Fsp3) is 0.387. The normalized spacial score (nSPS) is 18.7. The highest BCUT2D eigenvalue weighted by Gasteiger charge is 2.25. The summed E-state index contributed by atoms with van der Waals surface area (Å²) in [6.45, 7) is 8.63. The van der Waals surface area contributed by atoms with Crippen molar-refractivity contribution in [3.05, 3.63) is 106 Å². The van der Waals surface area contributed by atoms with E-state index in [1.54, 1.807) is 0 Å². The van der Waals surface area contributed by atoms with Gasteiger partial charge in [-0.1, -0.05) is 78.4 Å². The first kappa shape index (κ1) is 23.8. The molecule has 1 amide bonds. The van der Waals surface area contributed by atoms with E-state index in [0.29, 0.717) is 6.54 Å². The van der Waals surface area contributed by atoms with Gasteiger partial charge in [0.2, 0.25) is 5.91 Å². The van der Waals surface area contributed by atoms with Crippen LogP contribution in [-0.2, 0) is 37.4 Å². The van der Waals surface area contributed by atoms with E-state index in [1.165, 1.54) is 33.4 Å². The summed E-state index contributed by atoms with van der Waals surface area (Å²) in [6, 6.07) is 26.2. The number of aryl methyl sites for hydroxylation is 1. The van der Waals surface area contributed by atoms with Crippen LogP contribution in [0, 0.1) is 12.8 Å². The molecular formula is C31H37N3O. The second-order valence-electron chi connectivity index (χ2n) is 10.3. The molecule has 0 aliphatic carbocycles. The van der Waals surface area contributed by atoms with Crippen LogP contribution in [0.15, 0.2) is 72.8 Å². The van der Waals surface area contributed by atoms with Crippen LogP contribution in [0.2, 0.25) is 0 Å². The van der Waals surface area contributed by atoms with Crippen molar-refractivity contribution in [1.29, 1.82) is 0 Å². The molecule has 3 aromatic rings. The number of hydrogen-bond acceptors (Lipinski definition) is 3. The zero-order valence-electron chi connectivity index (χ0n) is 20.9. The molecule has 2 heterocycles. The predicted octanol–water partition coefficient (Wildman–Crippen LogP) is 5.08. The van der Waals surface area contributed by atoms with Gasteiger partial charge in [0.15, 0.2) is 0 Å². The van der Waals surface area contributed by atoms with E-state index in [4.69, 9.17) is 0 Å². The minimum Gasteiger partial charge on any atom is -0.352 e. The van der Waals surface area contributed by atoms with Gasteiger partial charge in [-0.15, -0.1) is 0 Å². The lowest BCUT2D eigenvalue weighted by molar-refractivity contribution is -0.126. The smallest absolute Gasteiger partial charge is 0.224 e. The van der Waals surface area contributed by atoms with Crippen LogP contribution in [0.5, 0.6) is 0 Å². The number of piperidine rings is 1. The first-order valence-electron chi connectivity index (χ1n) is 13.0. The molecule has 0 bridgehead atoms.